The first-order valence-electron chi connectivity index (χ1n) is 14.7. The third-order valence-corrected chi connectivity index (χ3v) is 7.10. The summed E-state index contributed by atoms with van der Waals surface area (Å²) in [5, 5.41) is 8.48. The van der Waals surface area contributed by atoms with E-state index in [1.165, 1.54) is 0 Å². The lowest BCUT2D eigenvalue weighted by Gasteiger charge is -2.26. The number of hydrogen-bond donors (Lipinski definition) is 1. The van der Waals surface area contributed by atoms with Gasteiger partial charge in [-0.2, -0.15) is 5.10 Å². The quantitative estimate of drug-likeness (QED) is 0.386. The molecule has 10 nitrogen and oxygen atoms in total. The molecule has 1 aromatic heterocycles. The Kier molecular flexibility index (Phi) is 10.8. The summed E-state index contributed by atoms with van der Waals surface area (Å²) in [7, 11) is 1.76. The van der Waals surface area contributed by atoms with E-state index in [1.807, 2.05) is 55.8 Å². The van der Waals surface area contributed by atoms with Crippen molar-refractivity contribution in [2.75, 3.05) is 39.8 Å². The summed E-state index contributed by atoms with van der Waals surface area (Å²) in [4.78, 5) is 28.2. The number of benzene rings is 1. The first kappa shape index (κ1) is 30.6. The van der Waals surface area contributed by atoms with E-state index in [9.17, 15) is 9.59 Å². The van der Waals surface area contributed by atoms with Gasteiger partial charge in [-0.05, 0) is 70.6 Å². The second-order valence-corrected chi connectivity index (χ2v) is 11.7. The topological polar surface area (TPSA) is 98.2 Å². The number of hydrogen-bond acceptors (Lipinski definition) is 7. The van der Waals surface area contributed by atoms with Crippen LogP contribution in [0.4, 0.5) is 9.59 Å². The zero-order chi connectivity index (χ0) is 29.2. The molecule has 0 radical (unpaired) electrons. The fraction of sp³-hybridized carbons (Fsp3) is 0.581. The summed E-state index contributed by atoms with van der Waals surface area (Å²) in [6.07, 6.45) is 8.18. The zero-order valence-corrected chi connectivity index (χ0v) is 24.9. The maximum atomic E-state index is 12.6. The molecule has 1 aromatic carbocycles. The van der Waals surface area contributed by atoms with Crippen LogP contribution in [0.1, 0.15) is 75.9 Å². The molecular formula is C31H45N5O5. The van der Waals surface area contributed by atoms with Crippen LogP contribution >= 0.6 is 0 Å². The Labute approximate surface area is 243 Å². The van der Waals surface area contributed by atoms with Crippen LogP contribution in [0.2, 0.25) is 0 Å². The van der Waals surface area contributed by atoms with Crippen molar-refractivity contribution in [3.8, 4) is 0 Å². The normalized spacial score (nSPS) is 17.6. The van der Waals surface area contributed by atoms with Gasteiger partial charge in [0, 0.05) is 51.6 Å². The maximum Gasteiger partial charge on any atom is 0.410 e. The molecule has 3 heterocycles. The molecule has 2 aromatic rings. The number of carbonyl (C=O) groups excluding carboxylic acids is 2. The fourth-order valence-electron chi connectivity index (χ4n) is 4.87. The number of ether oxygens (including phenoxy) is 3. The van der Waals surface area contributed by atoms with E-state index in [0.717, 1.165) is 61.2 Å². The van der Waals surface area contributed by atoms with Gasteiger partial charge in [0.05, 0.1) is 5.69 Å². The van der Waals surface area contributed by atoms with Gasteiger partial charge in [0.1, 0.15) is 18.4 Å². The monoisotopic (exact) mass is 567 g/mol. The van der Waals surface area contributed by atoms with Gasteiger partial charge in [-0.3, -0.25) is 0 Å². The zero-order valence-electron chi connectivity index (χ0n) is 24.9. The predicted octanol–water partition coefficient (Wildman–Crippen LogP) is 5.35. The highest BCUT2D eigenvalue weighted by molar-refractivity contribution is 5.72. The fourth-order valence-corrected chi connectivity index (χ4v) is 4.87. The van der Waals surface area contributed by atoms with Crippen molar-refractivity contribution in [3.05, 3.63) is 59.4 Å². The second kappa shape index (κ2) is 14.5. The average molecular weight is 568 g/mol. The van der Waals surface area contributed by atoms with Gasteiger partial charge in [0.25, 0.3) is 0 Å². The number of nitrogens with zero attached hydrogens (tertiary/aromatic N) is 4. The molecule has 1 saturated heterocycles. The first-order chi connectivity index (χ1) is 19.7. The minimum Gasteiger partial charge on any atom is -0.445 e. The molecule has 4 rings (SSSR count). The van der Waals surface area contributed by atoms with Gasteiger partial charge in [0.15, 0.2) is 0 Å². The standard InChI is InChI=1S/C31H45N5O5/c1-31(2,3)41-29(37)34(4)17-10-16-32-21-26-22-36(27-13-8-9-20-39-27)33-28(26)25-14-18-35(19-15-25)30(38)40-23-24-11-6-5-7-12-24/h5-7,11-12,14,22,27,32H,8-10,13,15-21,23H2,1-4H3. The molecule has 10 heteroatoms. The number of carbonyl (C=O) groups is 2. The predicted molar refractivity (Wildman–Crippen MR) is 157 cm³/mol. The summed E-state index contributed by atoms with van der Waals surface area (Å²) < 4.78 is 18.9. The molecule has 1 fully saturated rings. The molecule has 41 heavy (non-hydrogen) atoms. The second-order valence-electron chi connectivity index (χ2n) is 11.7. The Morgan fingerprint density at radius 1 is 1.20 bits per heavy atom. The minimum absolute atomic E-state index is 0.0487. The Balaban J connectivity index is 1.33. The largest absolute Gasteiger partial charge is 0.445 e. The van der Waals surface area contributed by atoms with Crippen LogP contribution in [0.25, 0.3) is 5.57 Å². The Bertz CT molecular complexity index is 1170. The third-order valence-electron chi connectivity index (χ3n) is 7.10. The summed E-state index contributed by atoms with van der Waals surface area (Å²) in [6.45, 7) is 9.69. The van der Waals surface area contributed by atoms with Gasteiger partial charge in [-0.15, -0.1) is 0 Å². The van der Waals surface area contributed by atoms with Gasteiger partial charge >= 0.3 is 12.2 Å². The molecule has 2 amide bonds. The lowest BCUT2D eigenvalue weighted by Crippen LogP contribution is -2.35. The number of rotatable bonds is 10. The Morgan fingerprint density at radius 3 is 2.68 bits per heavy atom. The van der Waals surface area contributed by atoms with Crippen LogP contribution < -0.4 is 5.32 Å². The van der Waals surface area contributed by atoms with E-state index >= 15 is 0 Å². The molecular weight excluding hydrogens is 522 g/mol. The number of nitrogens with one attached hydrogen (secondary N) is 1. The van der Waals surface area contributed by atoms with Crippen molar-refractivity contribution in [1.82, 2.24) is 24.9 Å². The molecule has 0 spiro atoms. The Hall–Kier alpha value is -3.37. The van der Waals surface area contributed by atoms with Gasteiger partial charge in [0.2, 0.25) is 0 Å². The van der Waals surface area contributed by atoms with Crippen LogP contribution in [0.15, 0.2) is 42.6 Å². The molecule has 1 N–H and O–H groups in total. The number of aromatic nitrogens is 2. The van der Waals surface area contributed by atoms with Crippen LogP contribution in [-0.4, -0.2) is 77.2 Å². The van der Waals surface area contributed by atoms with Gasteiger partial charge < -0.3 is 29.3 Å². The van der Waals surface area contributed by atoms with Crippen molar-refractivity contribution in [2.24, 2.45) is 0 Å². The van der Waals surface area contributed by atoms with Crippen LogP contribution in [0.5, 0.6) is 0 Å². The summed E-state index contributed by atoms with van der Waals surface area (Å²) in [6, 6.07) is 9.71. The van der Waals surface area contributed by atoms with E-state index in [1.54, 1.807) is 16.8 Å². The lowest BCUT2D eigenvalue weighted by molar-refractivity contribution is -0.0395. The average Bonchev–Trinajstić information content (AvgIpc) is 3.40. The molecule has 2 aliphatic rings. The molecule has 1 atom stereocenters. The van der Waals surface area contributed by atoms with E-state index in [4.69, 9.17) is 19.3 Å². The molecule has 0 saturated carbocycles. The molecule has 224 valence electrons. The molecule has 1 unspecified atom stereocenters. The summed E-state index contributed by atoms with van der Waals surface area (Å²) in [5.41, 5.74) is 3.65. The van der Waals surface area contributed by atoms with E-state index in [0.29, 0.717) is 32.6 Å². The van der Waals surface area contributed by atoms with Crippen molar-refractivity contribution < 1.29 is 23.8 Å². The SMILES string of the molecule is CN(CCCNCc1cn(C2CCCCO2)nc1C1=CCN(C(=O)OCc2ccccc2)CC1)C(=O)OC(C)(C)C. The van der Waals surface area contributed by atoms with Crippen molar-refractivity contribution in [1.29, 1.82) is 0 Å². The van der Waals surface area contributed by atoms with Crippen molar-refractivity contribution in [2.45, 2.75) is 77.9 Å². The highest BCUT2D eigenvalue weighted by Gasteiger charge is 2.25. The van der Waals surface area contributed by atoms with Crippen LogP contribution in [-0.2, 0) is 27.4 Å². The molecule has 0 bridgehead atoms. The molecule has 2 aliphatic heterocycles. The highest BCUT2D eigenvalue weighted by atomic mass is 16.6. The van der Waals surface area contributed by atoms with E-state index in [-0.39, 0.29) is 25.0 Å². The Morgan fingerprint density at radius 2 is 2.00 bits per heavy atom. The summed E-state index contributed by atoms with van der Waals surface area (Å²) in [5.74, 6) is 0. The van der Waals surface area contributed by atoms with E-state index < -0.39 is 5.60 Å². The summed E-state index contributed by atoms with van der Waals surface area (Å²) >= 11 is 0. The molecule has 0 aliphatic carbocycles. The highest BCUT2D eigenvalue weighted by Crippen LogP contribution is 2.28. The lowest BCUT2D eigenvalue weighted by atomic mass is 10.0. The van der Waals surface area contributed by atoms with Gasteiger partial charge in [-0.1, -0.05) is 36.4 Å². The maximum absolute atomic E-state index is 12.6. The van der Waals surface area contributed by atoms with Crippen LogP contribution in [0.3, 0.4) is 0 Å². The van der Waals surface area contributed by atoms with Gasteiger partial charge in [-0.25, -0.2) is 14.3 Å². The third kappa shape index (κ3) is 9.33. The van der Waals surface area contributed by atoms with Crippen molar-refractivity contribution >= 4 is 17.8 Å². The first-order valence-corrected chi connectivity index (χ1v) is 14.7. The van der Waals surface area contributed by atoms with Crippen LogP contribution in [0, 0.1) is 0 Å². The number of amides is 2. The minimum atomic E-state index is -0.504. The van der Waals surface area contributed by atoms with E-state index in [2.05, 4.69) is 17.6 Å². The van der Waals surface area contributed by atoms with Crippen molar-refractivity contribution in [3.63, 3.8) is 0 Å². The smallest absolute Gasteiger partial charge is 0.410 e.